The lowest BCUT2D eigenvalue weighted by atomic mass is 9.89. The Bertz CT molecular complexity index is 571. The molecule has 24 heavy (non-hydrogen) atoms. The van der Waals surface area contributed by atoms with Gasteiger partial charge in [-0.15, -0.1) is 12.4 Å². The SMILES string of the molecule is Cl.O=C(CC1CC2CCC(C1)N2)NCC1COc2ccccc2O1. The molecule has 0 radical (unpaired) electrons. The molecule has 5 nitrogen and oxygen atoms in total. The Kier molecular flexibility index (Phi) is 5.51. The van der Waals surface area contributed by atoms with Crippen molar-refractivity contribution in [2.45, 2.75) is 50.3 Å². The monoisotopic (exact) mass is 352 g/mol. The van der Waals surface area contributed by atoms with Gasteiger partial charge in [0.15, 0.2) is 11.5 Å². The zero-order valence-electron chi connectivity index (χ0n) is 13.7. The molecule has 6 heteroatoms. The maximum absolute atomic E-state index is 12.2. The van der Waals surface area contributed by atoms with Crippen molar-refractivity contribution in [3.05, 3.63) is 24.3 Å². The summed E-state index contributed by atoms with van der Waals surface area (Å²) in [5, 5.41) is 6.63. The summed E-state index contributed by atoms with van der Waals surface area (Å²) in [4.78, 5) is 12.2. The van der Waals surface area contributed by atoms with Crippen LogP contribution in [-0.4, -0.2) is 37.2 Å². The van der Waals surface area contributed by atoms with Crippen LogP contribution in [0.1, 0.15) is 32.1 Å². The summed E-state index contributed by atoms with van der Waals surface area (Å²) in [6.07, 6.45) is 5.35. The first-order valence-corrected chi connectivity index (χ1v) is 8.67. The molecule has 0 aromatic heterocycles. The van der Waals surface area contributed by atoms with Crippen LogP contribution in [0.5, 0.6) is 11.5 Å². The predicted molar refractivity (Wildman–Crippen MR) is 93.9 cm³/mol. The highest BCUT2D eigenvalue weighted by molar-refractivity contribution is 5.85. The quantitative estimate of drug-likeness (QED) is 0.872. The Morgan fingerprint density at radius 1 is 1.17 bits per heavy atom. The van der Waals surface area contributed by atoms with Crippen LogP contribution in [0.4, 0.5) is 0 Å². The van der Waals surface area contributed by atoms with Crippen molar-refractivity contribution in [3.63, 3.8) is 0 Å². The maximum atomic E-state index is 12.2. The minimum absolute atomic E-state index is 0. The Morgan fingerprint density at radius 3 is 2.62 bits per heavy atom. The molecule has 0 spiro atoms. The topological polar surface area (TPSA) is 59.6 Å². The van der Waals surface area contributed by atoms with E-state index < -0.39 is 0 Å². The van der Waals surface area contributed by atoms with Crippen LogP contribution in [0, 0.1) is 5.92 Å². The van der Waals surface area contributed by atoms with E-state index in [0.29, 0.717) is 37.6 Å². The number of carbonyl (C=O) groups is 1. The number of hydrogen-bond donors (Lipinski definition) is 2. The highest BCUT2D eigenvalue weighted by atomic mass is 35.5. The average molecular weight is 353 g/mol. The zero-order valence-corrected chi connectivity index (χ0v) is 14.5. The minimum atomic E-state index is -0.113. The second-order valence-corrected chi connectivity index (χ2v) is 6.98. The standard InChI is InChI=1S/C18H24N2O3.ClH/c21-18(9-12-7-13-5-6-14(8-12)20-13)19-10-15-11-22-16-3-1-2-4-17(16)23-15;/h1-4,12-15,20H,5-11H2,(H,19,21);1H. The van der Waals surface area contributed by atoms with Crippen molar-refractivity contribution in [2.75, 3.05) is 13.2 Å². The lowest BCUT2D eigenvalue weighted by molar-refractivity contribution is -0.122. The van der Waals surface area contributed by atoms with E-state index in [0.717, 1.165) is 24.3 Å². The van der Waals surface area contributed by atoms with E-state index in [1.807, 2.05) is 24.3 Å². The van der Waals surface area contributed by atoms with E-state index in [1.54, 1.807) is 0 Å². The Morgan fingerprint density at radius 2 is 1.88 bits per heavy atom. The van der Waals surface area contributed by atoms with Crippen LogP contribution in [0.25, 0.3) is 0 Å². The van der Waals surface area contributed by atoms with Gasteiger partial charge in [-0.1, -0.05) is 12.1 Å². The van der Waals surface area contributed by atoms with Crippen molar-refractivity contribution >= 4 is 18.3 Å². The number of piperidine rings is 1. The molecule has 0 aliphatic carbocycles. The molecule has 4 rings (SSSR count). The summed E-state index contributed by atoms with van der Waals surface area (Å²) in [7, 11) is 0. The fourth-order valence-electron chi connectivity index (χ4n) is 4.07. The van der Waals surface area contributed by atoms with Gasteiger partial charge in [-0.25, -0.2) is 0 Å². The highest BCUT2D eigenvalue weighted by Crippen LogP contribution is 2.33. The average Bonchev–Trinajstić information content (AvgIpc) is 2.91. The van der Waals surface area contributed by atoms with E-state index in [2.05, 4.69) is 10.6 Å². The van der Waals surface area contributed by atoms with Gasteiger partial charge in [-0.2, -0.15) is 0 Å². The zero-order chi connectivity index (χ0) is 15.6. The van der Waals surface area contributed by atoms with Gasteiger partial charge in [-0.05, 0) is 43.7 Å². The third kappa shape index (κ3) is 3.95. The number of carbonyl (C=O) groups excluding carboxylic acids is 1. The molecule has 2 bridgehead atoms. The number of ether oxygens (including phenoxy) is 2. The van der Waals surface area contributed by atoms with Crippen molar-refractivity contribution in [2.24, 2.45) is 5.92 Å². The number of fused-ring (bicyclic) bond motifs is 3. The largest absolute Gasteiger partial charge is 0.486 e. The smallest absolute Gasteiger partial charge is 0.220 e. The first-order valence-electron chi connectivity index (χ1n) is 8.67. The summed E-state index contributed by atoms with van der Waals surface area (Å²) in [6, 6.07) is 8.92. The summed E-state index contributed by atoms with van der Waals surface area (Å²) in [6.45, 7) is 0.986. The predicted octanol–water partition coefficient (Wildman–Crippen LogP) is 2.29. The third-order valence-electron chi connectivity index (χ3n) is 5.14. The maximum Gasteiger partial charge on any atom is 0.220 e. The van der Waals surface area contributed by atoms with E-state index in [9.17, 15) is 4.79 Å². The van der Waals surface area contributed by atoms with Gasteiger partial charge >= 0.3 is 0 Å². The number of nitrogens with one attached hydrogen (secondary N) is 2. The Hall–Kier alpha value is -1.46. The molecule has 2 N–H and O–H groups in total. The minimum Gasteiger partial charge on any atom is -0.486 e. The number of rotatable bonds is 4. The number of amides is 1. The van der Waals surface area contributed by atoms with Gasteiger partial charge in [0.1, 0.15) is 12.7 Å². The highest BCUT2D eigenvalue weighted by Gasteiger charge is 2.34. The molecule has 132 valence electrons. The summed E-state index contributed by atoms with van der Waals surface area (Å²) in [5.41, 5.74) is 0. The molecule has 3 atom stereocenters. The summed E-state index contributed by atoms with van der Waals surface area (Å²) >= 11 is 0. The van der Waals surface area contributed by atoms with Gasteiger partial charge in [0.05, 0.1) is 6.54 Å². The fourth-order valence-corrected chi connectivity index (χ4v) is 4.07. The molecule has 2 saturated heterocycles. The summed E-state index contributed by atoms with van der Waals surface area (Å²) in [5.74, 6) is 2.20. The fraction of sp³-hybridized carbons (Fsp3) is 0.611. The number of benzene rings is 1. The molecular formula is C18H25ClN2O3. The van der Waals surface area contributed by atoms with E-state index in [4.69, 9.17) is 9.47 Å². The molecule has 3 unspecified atom stereocenters. The molecule has 1 aromatic rings. The first-order chi connectivity index (χ1) is 11.3. The van der Waals surface area contributed by atoms with Crippen LogP contribution in [0.2, 0.25) is 0 Å². The first kappa shape index (κ1) is 17.4. The van der Waals surface area contributed by atoms with Crippen molar-refractivity contribution in [3.8, 4) is 11.5 Å². The molecule has 1 amide bonds. The molecular weight excluding hydrogens is 328 g/mol. The molecule has 3 aliphatic rings. The third-order valence-corrected chi connectivity index (χ3v) is 5.14. The van der Waals surface area contributed by atoms with E-state index in [1.165, 1.54) is 12.8 Å². The van der Waals surface area contributed by atoms with Crippen LogP contribution < -0.4 is 20.1 Å². The molecule has 0 saturated carbocycles. The van der Waals surface area contributed by atoms with Crippen molar-refractivity contribution < 1.29 is 14.3 Å². The molecule has 3 heterocycles. The normalized spacial score (nSPS) is 30.3. The lowest BCUT2D eigenvalue weighted by Crippen LogP contribution is -2.43. The van der Waals surface area contributed by atoms with E-state index in [-0.39, 0.29) is 24.4 Å². The van der Waals surface area contributed by atoms with Gasteiger partial charge < -0.3 is 20.1 Å². The van der Waals surface area contributed by atoms with E-state index >= 15 is 0 Å². The second kappa shape index (κ2) is 7.62. The van der Waals surface area contributed by atoms with Crippen LogP contribution in [-0.2, 0) is 4.79 Å². The molecule has 1 aromatic carbocycles. The molecule has 3 aliphatic heterocycles. The van der Waals surface area contributed by atoms with Gasteiger partial charge in [0.25, 0.3) is 0 Å². The Labute approximate surface area is 148 Å². The Balaban J connectivity index is 0.00000169. The van der Waals surface area contributed by atoms with Crippen LogP contribution >= 0.6 is 12.4 Å². The molecule has 2 fully saturated rings. The number of hydrogen-bond acceptors (Lipinski definition) is 4. The number of halogens is 1. The number of para-hydroxylation sites is 2. The van der Waals surface area contributed by atoms with Crippen molar-refractivity contribution in [1.29, 1.82) is 0 Å². The van der Waals surface area contributed by atoms with Crippen LogP contribution in [0.3, 0.4) is 0 Å². The lowest BCUT2D eigenvalue weighted by Gasteiger charge is -2.29. The second-order valence-electron chi connectivity index (χ2n) is 6.98. The summed E-state index contributed by atoms with van der Waals surface area (Å²) < 4.78 is 11.5. The van der Waals surface area contributed by atoms with Crippen molar-refractivity contribution in [1.82, 2.24) is 10.6 Å². The van der Waals surface area contributed by atoms with Crippen LogP contribution in [0.15, 0.2) is 24.3 Å². The van der Waals surface area contributed by atoms with Gasteiger partial charge in [0.2, 0.25) is 5.91 Å². The van der Waals surface area contributed by atoms with Gasteiger partial charge in [0, 0.05) is 18.5 Å². The van der Waals surface area contributed by atoms with Gasteiger partial charge in [-0.3, -0.25) is 4.79 Å².